The molecule has 1 aromatic heterocycles. The fourth-order valence-electron chi connectivity index (χ4n) is 2.36. The minimum Gasteiger partial charge on any atom is -0.497 e. The molecule has 27 heavy (non-hydrogen) atoms. The molecule has 0 amide bonds. The van der Waals surface area contributed by atoms with Crippen LogP contribution in [0.25, 0.3) is 12.2 Å². The smallest absolute Gasteiger partial charge is 0.270 e. The minimum absolute atomic E-state index is 0.0572. The highest BCUT2D eigenvalue weighted by atomic mass is 32.1. The van der Waals surface area contributed by atoms with Crippen LogP contribution in [-0.4, -0.2) is 22.8 Å². The summed E-state index contributed by atoms with van der Waals surface area (Å²) in [5, 5.41) is 10.8. The molecule has 0 saturated carbocycles. The standard InChI is InChI=1S/C19H14N2O5S/c1-26-15-7-5-13(6-8-15)16(22)11-18-20-19(23)17(27-18)10-12-3-2-4-14(9-12)21(24)25/h2-11H,1H3,(H,20,23)/b17-10+,18-11+. The summed E-state index contributed by atoms with van der Waals surface area (Å²) in [6.45, 7) is 0. The molecule has 0 unspecified atom stereocenters. The van der Waals surface area contributed by atoms with E-state index in [2.05, 4.69) is 4.98 Å². The molecule has 0 aliphatic heterocycles. The van der Waals surface area contributed by atoms with Crippen molar-refractivity contribution >= 4 is 35.0 Å². The third-order valence-corrected chi connectivity index (χ3v) is 4.66. The van der Waals surface area contributed by atoms with Crippen molar-refractivity contribution in [2.45, 2.75) is 0 Å². The van der Waals surface area contributed by atoms with Gasteiger partial charge in [-0.15, -0.1) is 11.3 Å². The monoisotopic (exact) mass is 382 g/mol. The Hall–Kier alpha value is -3.52. The van der Waals surface area contributed by atoms with E-state index in [0.29, 0.717) is 26.1 Å². The van der Waals surface area contributed by atoms with Gasteiger partial charge in [0.15, 0.2) is 5.78 Å². The Morgan fingerprint density at radius 1 is 1.22 bits per heavy atom. The number of hydrogen-bond acceptors (Lipinski definition) is 6. The fraction of sp³-hybridized carbons (Fsp3) is 0.0526. The zero-order valence-electron chi connectivity index (χ0n) is 14.2. The van der Waals surface area contributed by atoms with Crippen LogP contribution in [-0.2, 0) is 0 Å². The first-order valence-electron chi connectivity index (χ1n) is 7.82. The second-order valence-corrected chi connectivity index (χ2v) is 6.60. The van der Waals surface area contributed by atoms with Crippen molar-refractivity contribution in [1.82, 2.24) is 4.98 Å². The molecule has 0 atom stereocenters. The Bertz CT molecular complexity index is 1180. The van der Waals surface area contributed by atoms with Gasteiger partial charge in [0.2, 0.25) is 0 Å². The Morgan fingerprint density at radius 3 is 2.63 bits per heavy atom. The van der Waals surface area contributed by atoms with Gasteiger partial charge in [-0.25, -0.2) is 0 Å². The summed E-state index contributed by atoms with van der Waals surface area (Å²) in [7, 11) is 1.54. The van der Waals surface area contributed by atoms with Crippen molar-refractivity contribution in [3.63, 3.8) is 0 Å². The van der Waals surface area contributed by atoms with Gasteiger partial charge in [0, 0.05) is 23.8 Å². The molecule has 0 bridgehead atoms. The summed E-state index contributed by atoms with van der Waals surface area (Å²) in [6.07, 6.45) is 2.89. The first kappa shape index (κ1) is 18.3. The largest absolute Gasteiger partial charge is 0.497 e. The van der Waals surface area contributed by atoms with E-state index < -0.39 is 4.92 Å². The minimum atomic E-state index is -0.497. The number of ketones is 1. The number of benzene rings is 2. The van der Waals surface area contributed by atoms with E-state index in [1.165, 1.54) is 18.2 Å². The summed E-state index contributed by atoms with van der Waals surface area (Å²) < 4.78 is 5.80. The summed E-state index contributed by atoms with van der Waals surface area (Å²) in [4.78, 5) is 37.4. The van der Waals surface area contributed by atoms with Gasteiger partial charge in [-0.3, -0.25) is 19.7 Å². The highest BCUT2D eigenvalue weighted by Gasteiger charge is 2.06. The maximum absolute atomic E-state index is 12.3. The lowest BCUT2D eigenvalue weighted by molar-refractivity contribution is -0.384. The van der Waals surface area contributed by atoms with Crippen molar-refractivity contribution in [2.75, 3.05) is 7.11 Å². The van der Waals surface area contributed by atoms with Crippen molar-refractivity contribution < 1.29 is 14.5 Å². The molecule has 136 valence electrons. The Kier molecular flexibility index (Phi) is 5.28. The number of ether oxygens (including phenoxy) is 1. The van der Waals surface area contributed by atoms with Gasteiger partial charge in [-0.1, -0.05) is 12.1 Å². The highest BCUT2D eigenvalue weighted by molar-refractivity contribution is 7.07. The molecule has 0 aliphatic rings. The number of carbonyl (C=O) groups is 1. The summed E-state index contributed by atoms with van der Waals surface area (Å²) in [6, 6.07) is 12.6. The molecule has 2 aromatic carbocycles. The Labute approximate surface area is 157 Å². The van der Waals surface area contributed by atoms with Gasteiger partial charge in [-0.2, -0.15) is 0 Å². The second kappa shape index (κ2) is 7.79. The predicted molar refractivity (Wildman–Crippen MR) is 103 cm³/mol. The third-order valence-electron chi connectivity index (χ3n) is 3.70. The number of H-pyrrole nitrogens is 1. The van der Waals surface area contributed by atoms with Gasteiger partial charge in [0.25, 0.3) is 11.2 Å². The van der Waals surface area contributed by atoms with Crippen LogP contribution in [0, 0.1) is 10.1 Å². The molecule has 7 nitrogen and oxygen atoms in total. The molecule has 3 aromatic rings. The summed E-state index contributed by atoms with van der Waals surface area (Å²) >= 11 is 1.10. The second-order valence-electron chi connectivity index (χ2n) is 5.52. The van der Waals surface area contributed by atoms with Crippen LogP contribution in [0.2, 0.25) is 0 Å². The van der Waals surface area contributed by atoms with Gasteiger partial charge in [0.1, 0.15) is 5.75 Å². The number of thiazole rings is 1. The number of carbonyl (C=O) groups excluding carboxylic acids is 1. The molecule has 1 N–H and O–H groups in total. The van der Waals surface area contributed by atoms with Crippen molar-refractivity contribution in [2.24, 2.45) is 0 Å². The average Bonchev–Trinajstić information content (AvgIpc) is 3.00. The lowest BCUT2D eigenvalue weighted by Gasteiger charge is -1.99. The molecule has 1 heterocycles. The summed E-state index contributed by atoms with van der Waals surface area (Å²) in [5.74, 6) is 0.391. The number of nitrogens with zero attached hydrogens (tertiary/aromatic N) is 1. The van der Waals surface area contributed by atoms with E-state index >= 15 is 0 Å². The quantitative estimate of drug-likeness (QED) is 0.412. The molecular weight excluding hydrogens is 368 g/mol. The van der Waals surface area contributed by atoms with E-state index in [1.807, 2.05) is 0 Å². The number of aromatic amines is 1. The average molecular weight is 382 g/mol. The molecule has 0 aliphatic carbocycles. The van der Waals surface area contributed by atoms with E-state index in [9.17, 15) is 19.7 Å². The maximum Gasteiger partial charge on any atom is 0.270 e. The Morgan fingerprint density at radius 2 is 1.96 bits per heavy atom. The lowest BCUT2D eigenvalue weighted by atomic mass is 10.1. The van der Waals surface area contributed by atoms with Crippen LogP contribution in [0.3, 0.4) is 0 Å². The van der Waals surface area contributed by atoms with Crippen molar-refractivity contribution in [1.29, 1.82) is 0 Å². The number of nitrogens with one attached hydrogen (secondary N) is 1. The van der Waals surface area contributed by atoms with Gasteiger partial charge < -0.3 is 9.72 Å². The molecular formula is C19H14N2O5S. The van der Waals surface area contributed by atoms with Crippen LogP contribution in [0.4, 0.5) is 5.69 Å². The zero-order valence-corrected chi connectivity index (χ0v) is 15.0. The normalized spacial score (nSPS) is 12.2. The van der Waals surface area contributed by atoms with Gasteiger partial charge in [0.05, 0.1) is 21.2 Å². The van der Waals surface area contributed by atoms with E-state index in [-0.39, 0.29) is 17.0 Å². The lowest BCUT2D eigenvalue weighted by Crippen LogP contribution is -2.20. The predicted octanol–water partition coefficient (Wildman–Crippen LogP) is 1.85. The topological polar surface area (TPSA) is 102 Å². The van der Waals surface area contributed by atoms with Crippen LogP contribution >= 0.6 is 11.3 Å². The van der Waals surface area contributed by atoms with Crippen molar-refractivity contribution in [3.05, 3.63) is 89.3 Å². The number of methoxy groups -OCH3 is 1. The van der Waals surface area contributed by atoms with Gasteiger partial charge >= 0.3 is 0 Å². The molecule has 8 heteroatoms. The molecule has 0 spiro atoms. The fourth-order valence-corrected chi connectivity index (χ4v) is 3.25. The van der Waals surface area contributed by atoms with Crippen LogP contribution in [0.1, 0.15) is 15.9 Å². The van der Waals surface area contributed by atoms with Crippen LogP contribution in [0.15, 0.2) is 53.3 Å². The van der Waals surface area contributed by atoms with E-state index in [1.54, 1.807) is 49.6 Å². The van der Waals surface area contributed by atoms with Crippen LogP contribution < -0.4 is 19.5 Å². The zero-order chi connectivity index (χ0) is 19.4. The first-order valence-corrected chi connectivity index (χ1v) is 8.63. The number of rotatable bonds is 5. The number of hydrogen-bond donors (Lipinski definition) is 1. The number of Topliss-reactive ketones (excluding diaryl/α,β-unsaturated/α-hetero) is 1. The molecule has 3 rings (SSSR count). The SMILES string of the molecule is COc1ccc(C(=O)/C=c2\[nH]c(=O)/c(=C\c3cccc([N+](=O)[O-])c3)s2)cc1. The maximum atomic E-state index is 12.3. The number of nitro groups is 1. The molecule has 0 saturated heterocycles. The van der Waals surface area contributed by atoms with Crippen molar-refractivity contribution in [3.8, 4) is 5.75 Å². The van der Waals surface area contributed by atoms with E-state index in [0.717, 1.165) is 11.3 Å². The van der Waals surface area contributed by atoms with Crippen LogP contribution in [0.5, 0.6) is 5.75 Å². The molecule has 0 radical (unpaired) electrons. The highest BCUT2D eigenvalue weighted by Crippen LogP contribution is 2.13. The number of nitro benzene ring substituents is 1. The van der Waals surface area contributed by atoms with Gasteiger partial charge in [-0.05, 0) is 35.9 Å². The summed E-state index contributed by atoms with van der Waals surface area (Å²) in [5.41, 5.74) is 0.581. The number of aromatic nitrogens is 1. The molecule has 0 fully saturated rings. The first-order chi connectivity index (χ1) is 13.0. The third kappa shape index (κ3) is 4.36. The van der Waals surface area contributed by atoms with E-state index in [4.69, 9.17) is 4.74 Å². The Balaban J connectivity index is 1.94. The number of non-ortho nitro benzene ring substituents is 1.